The molecule has 2 aliphatic heterocycles. The molecule has 0 saturated carbocycles. The van der Waals surface area contributed by atoms with Crippen molar-refractivity contribution in [3.63, 3.8) is 0 Å². The minimum atomic E-state index is -0.0902. The summed E-state index contributed by atoms with van der Waals surface area (Å²) in [6.45, 7) is 4.51. The number of rotatable bonds is 4. The SMILES string of the molecule is CC[C@@H]1OCC[C@H]1NC(=O)NCC1CCCn2ccnc21. The van der Waals surface area contributed by atoms with Gasteiger partial charge in [0.25, 0.3) is 0 Å². The van der Waals surface area contributed by atoms with E-state index in [1.54, 1.807) is 0 Å². The van der Waals surface area contributed by atoms with Crippen LogP contribution >= 0.6 is 0 Å². The Bertz CT molecular complexity index is 488. The van der Waals surface area contributed by atoms with Crippen molar-refractivity contribution in [2.24, 2.45) is 0 Å². The molecule has 2 aliphatic rings. The molecule has 1 aromatic heterocycles. The highest BCUT2D eigenvalue weighted by Crippen LogP contribution is 2.24. The minimum Gasteiger partial charge on any atom is -0.376 e. The summed E-state index contributed by atoms with van der Waals surface area (Å²) in [5.74, 6) is 1.42. The van der Waals surface area contributed by atoms with Gasteiger partial charge in [0.05, 0.1) is 12.1 Å². The molecule has 0 radical (unpaired) electrons. The molecule has 0 spiro atoms. The number of imidazole rings is 1. The van der Waals surface area contributed by atoms with Crippen molar-refractivity contribution in [3.05, 3.63) is 18.2 Å². The van der Waals surface area contributed by atoms with Gasteiger partial charge in [-0.05, 0) is 25.7 Å². The van der Waals surface area contributed by atoms with Crippen LogP contribution in [-0.2, 0) is 11.3 Å². The van der Waals surface area contributed by atoms with Crippen LogP contribution in [0, 0.1) is 0 Å². The maximum absolute atomic E-state index is 12.0. The summed E-state index contributed by atoms with van der Waals surface area (Å²) in [6, 6.07) is 0.0518. The van der Waals surface area contributed by atoms with Gasteiger partial charge in [0.1, 0.15) is 5.82 Å². The van der Waals surface area contributed by atoms with E-state index in [-0.39, 0.29) is 18.2 Å². The highest BCUT2D eigenvalue weighted by atomic mass is 16.5. The number of fused-ring (bicyclic) bond motifs is 1. The van der Waals surface area contributed by atoms with Gasteiger partial charge in [0.2, 0.25) is 0 Å². The van der Waals surface area contributed by atoms with Crippen molar-refractivity contribution < 1.29 is 9.53 Å². The molecule has 0 aliphatic carbocycles. The number of nitrogens with one attached hydrogen (secondary N) is 2. The Hall–Kier alpha value is -1.56. The predicted octanol–water partition coefficient (Wildman–Crippen LogP) is 1.63. The lowest BCUT2D eigenvalue weighted by molar-refractivity contribution is 0.0965. The van der Waals surface area contributed by atoms with E-state index in [2.05, 4.69) is 27.1 Å². The second-order valence-corrected chi connectivity index (χ2v) is 5.89. The molecule has 116 valence electrons. The number of carbonyl (C=O) groups is 1. The number of ether oxygens (including phenoxy) is 1. The van der Waals surface area contributed by atoms with E-state index in [9.17, 15) is 4.79 Å². The molecule has 1 unspecified atom stereocenters. The molecule has 0 aromatic carbocycles. The first-order chi connectivity index (χ1) is 10.3. The summed E-state index contributed by atoms with van der Waals surface area (Å²) in [4.78, 5) is 16.5. The molecule has 1 aromatic rings. The molecule has 2 N–H and O–H groups in total. The molecule has 6 nitrogen and oxygen atoms in total. The van der Waals surface area contributed by atoms with Crippen molar-refractivity contribution in [3.8, 4) is 0 Å². The first kappa shape index (κ1) is 14.4. The normalized spacial score (nSPS) is 28.1. The first-order valence-electron chi connectivity index (χ1n) is 7.95. The molecular formula is C15H24N4O2. The van der Waals surface area contributed by atoms with Gasteiger partial charge >= 0.3 is 6.03 Å². The lowest BCUT2D eigenvalue weighted by Gasteiger charge is -2.24. The fourth-order valence-electron chi connectivity index (χ4n) is 3.35. The van der Waals surface area contributed by atoms with E-state index >= 15 is 0 Å². The minimum absolute atomic E-state index is 0.0902. The van der Waals surface area contributed by atoms with Crippen LogP contribution in [0.1, 0.15) is 44.3 Å². The second kappa shape index (κ2) is 6.47. The van der Waals surface area contributed by atoms with Crippen LogP contribution in [0.3, 0.4) is 0 Å². The third kappa shape index (κ3) is 3.20. The zero-order valence-electron chi connectivity index (χ0n) is 12.5. The summed E-state index contributed by atoms with van der Waals surface area (Å²) in [5.41, 5.74) is 0. The lowest BCUT2D eigenvalue weighted by Crippen LogP contribution is -2.46. The number of aryl methyl sites for hydroxylation is 1. The fraction of sp³-hybridized carbons (Fsp3) is 0.733. The van der Waals surface area contributed by atoms with Crippen LogP contribution in [0.25, 0.3) is 0 Å². The molecule has 2 amide bonds. The molecule has 3 rings (SSSR count). The molecule has 1 fully saturated rings. The Morgan fingerprint density at radius 3 is 3.29 bits per heavy atom. The monoisotopic (exact) mass is 292 g/mol. The number of hydrogen-bond acceptors (Lipinski definition) is 3. The maximum Gasteiger partial charge on any atom is 0.315 e. The van der Waals surface area contributed by atoms with Crippen molar-refractivity contribution in [2.75, 3.05) is 13.2 Å². The van der Waals surface area contributed by atoms with Gasteiger partial charge in [-0.1, -0.05) is 6.92 Å². The van der Waals surface area contributed by atoms with Crippen LogP contribution < -0.4 is 10.6 Å². The zero-order chi connectivity index (χ0) is 14.7. The van der Waals surface area contributed by atoms with Gasteiger partial charge in [-0.15, -0.1) is 0 Å². The third-order valence-corrected chi connectivity index (χ3v) is 4.50. The van der Waals surface area contributed by atoms with Gasteiger partial charge in [0.15, 0.2) is 0 Å². The number of nitrogens with zero attached hydrogens (tertiary/aromatic N) is 2. The summed E-state index contributed by atoms with van der Waals surface area (Å²) >= 11 is 0. The molecule has 1 saturated heterocycles. The maximum atomic E-state index is 12.0. The Morgan fingerprint density at radius 2 is 2.43 bits per heavy atom. The van der Waals surface area contributed by atoms with Crippen LogP contribution in [0.15, 0.2) is 12.4 Å². The summed E-state index contributed by atoms with van der Waals surface area (Å²) in [6.07, 6.45) is 8.08. The molecule has 6 heteroatoms. The topological polar surface area (TPSA) is 68.2 Å². The van der Waals surface area contributed by atoms with Crippen molar-refractivity contribution >= 4 is 6.03 Å². The Balaban J connectivity index is 1.49. The van der Waals surface area contributed by atoms with Crippen molar-refractivity contribution in [1.82, 2.24) is 20.2 Å². The van der Waals surface area contributed by atoms with Gasteiger partial charge < -0.3 is 19.9 Å². The Kier molecular flexibility index (Phi) is 4.43. The Labute approximate surface area is 125 Å². The predicted molar refractivity (Wildman–Crippen MR) is 79.2 cm³/mol. The third-order valence-electron chi connectivity index (χ3n) is 4.50. The summed E-state index contributed by atoms with van der Waals surface area (Å²) < 4.78 is 7.78. The zero-order valence-corrected chi connectivity index (χ0v) is 12.5. The number of hydrogen-bond donors (Lipinski definition) is 2. The highest BCUT2D eigenvalue weighted by Gasteiger charge is 2.28. The average Bonchev–Trinajstić information content (AvgIpc) is 3.13. The van der Waals surface area contributed by atoms with Gasteiger partial charge in [-0.3, -0.25) is 0 Å². The molecule has 3 heterocycles. The van der Waals surface area contributed by atoms with E-state index in [1.165, 1.54) is 0 Å². The van der Waals surface area contributed by atoms with E-state index < -0.39 is 0 Å². The van der Waals surface area contributed by atoms with Crippen LogP contribution in [0.5, 0.6) is 0 Å². The highest BCUT2D eigenvalue weighted by molar-refractivity contribution is 5.74. The van der Waals surface area contributed by atoms with E-state index in [0.29, 0.717) is 12.5 Å². The molecular weight excluding hydrogens is 268 g/mol. The smallest absolute Gasteiger partial charge is 0.315 e. The fourth-order valence-corrected chi connectivity index (χ4v) is 3.35. The Morgan fingerprint density at radius 1 is 1.52 bits per heavy atom. The second-order valence-electron chi connectivity index (χ2n) is 5.89. The molecule has 0 bridgehead atoms. The summed E-state index contributed by atoms with van der Waals surface area (Å²) in [5, 5.41) is 6.03. The number of carbonyl (C=O) groups excluding carboxylic acids is 1. The van der Waals surface area contributed by atoms with Crippen LogP contribution in [-0.4, -0.2) is 40.9 Å². The average molecular weight is 292 g/mol. The lowest BCUT2D eigenvalue weighted by atomic mass is 9.99. The van der Waals surface area contributed by atoms with E-state index in [0.717, 1.165) is 44.7 Å². The van der Waals surface area contributed by atoms with E-state index in [4.69, 9.17) is 4.74 Å². The number of aromatic nitrogens is 2. The first-order valence-corrected chi connectivity index (χ1v) is 7.95. The van der Waals surface area contributed by atoms with E-state index in [1.807, 2.05) is 12.4 Å². The van der Waals surface area contributed by atoms with Gasteiger partial charge in [-0.25, -0.2) is 9.78 Å². The van der Waals surface area contributed by atoms with Crippen molar-refractivity contribution in [2.45, 2.75) is 57.2 Å². The van der Waals surface area contributed by atoms with Crippen molar-refractivity contribution in [1.29, 1.82) is 0 Å². The number of amides is 2. The molecule has 21 heavy (non-hydrogen) atoms. The largest absolute Gasteiger partial charge is 0.376 e. The van der Waals surface area contributed by atoms with Gasteiger partial charge in [0, 0.05) is 38.0 Å². The van der Waals surface area contributed by atoms with Gasteiger partial charge in [-0.2, -0.15) is 0 Å². The number of urea groups is 1. The van der Waals surface area contributed by atoms with Crippen LogP contribution in [0.2, 0.25) is 0 Å². The summed E-state index contributed by atoms with van der Waals surface area (Å²) in [7, 11) is 0. The van der Waals surface area contributed by atoms with Crippen LogP contribution in [0.4, 0.5) is 4.79 Å². The standard InChI is InChI=1S/C15H24N4O2/c1-2-13-12(5-9-21-13)18-15(20)17-10-11-4-3-7-19-8-6-16-14(11)19/h6,8,11-13H,2-5,7,9-10H2,1H3,(H2,17,18,20)/t11?,12-,13+/m1/s1. The molecule has 3 atom stereocenters. The quantitative estimate of drug-likeness (QED) is 0.886.